The zero-order valence-electron chi connectivity index (χ0n) is 17.4. The molecule has 0 radical (unpaired) electrons. The first-order valence-electron chi connectivity index (χ1n) is 9.71. The molecule has 2 aromatic rings. The van der Waals surface area contributed by atoms with Gasteiger partial charge in [-0.1, -0.05) is 45.0 Å². The van der Waals surface area contributed by atoms with Crippen molar-refractivity contribution < 1.29 is 23.8 Å². The third-order valence-corrected chi connectivity index (χ3v) is 4.65. The summed E-state index contributed by atoms with van der Waals surface area (Å²) in [5.41, 5.74) is 2.65. The van der Waals surface area contributed by atoms with Gasteiger partial charge in [0.1, 0.15) is 11.5 Å². The van der Waals surface area contributed by atoms with Gasteiger partial charge in [-0.05, 0) is 48.6 Å². The normalized spacial score (nSPS) is 15.6. The van der Waals surface area contributed by atoms with Gasteiger partial charge in [0.15, 0.2) is 11.9 Å². The third kappa shape index (κ3) is 4.67. The molecule has 0 spiro atoms. The highest BCUT2D eigenvalue weighted by Gasteiger charge is 2.28. The number of hydrogen-bond acceptors (Lipinski definition) is 5. The predicted molar refractivity (Wildman–Crippen MR) is 111 cm³/mol. The number of ether oxygens (including phenoxy) is 3. The molecule has 0 saturated heterocycles. The molecule has 1 atom stereocenters. The van der Waals surface area contributed by atoms with E-state index in [-0.39, 0.29) is 17.0 Å². The molecule has 152 valence electrons. The molecule has 1 heterocycles. The van der Waals surface area contributed by atoms with E-state index in [1.165, 1.54) is 5.56 Å². The summed E-state index contributed by atoms with van der Waals surface area (Å²) in [4.78, 5) is 24.4. The van der Waals surface area contributed by atoms with E-state index in [1.807, 2.05) is 12.1 Å². The van der Waals surface area contributed by atoms with E-state index < -0.39 is 12.1 Å². The summed E-state index contributed by atoms with van der Waals surface area (Å²) < 4.78 is 16.3. The molecule has 29 heavy (non-hydrogen) atoms. The number of carbonyl (C=O) groups is 2. The van der Waals surface area contributed by atoms with Crippen molar-refractivity contribution in [2.24, 2.45) is 0 Å². The van der Waals surface area contributed by atoms with E-state index >= 15 is 0 Å². The lowest BCUT2D eigenvalue weighted by atomic mass is 9.86. The topological polar surface area (TPSA) is 61.8 Å². The van der Waals surface area contributed by atoms with E-state index in [9.17, 15) is 9.59 Å². The van der Waals surface area contributed by atoms with Gasteiger partial charge in [-0.3, -0.25) is 4.79 Å². The van der Waals surface area contributed by atoms with Gasteiger partial charge in [-0.15, -0.1) is 0 Å². The summed E-state index contributed by atoms with van der Waals surface area (Å²) in [6.45, 7) is 10.1. The van der Waals surface area contributed by atoms with Crippen LogP contribution in [0.4, 0.5) is 0 Å². The van der Waals surface area contributed by atoms with Crippen LogP contribution >= 0.6 is 0 Å². The number of Topliss-reactive ketones (excluding diaryl/α,β-unsaturated/α-hetero) is 1. The second-order valence-corrected chi connectivity index (χ2v) is 7.98. The first-order valence-corrected chi connectivity index (χ1v) is 9.71. The number of ketones is 1. The van der Waals surface area contributed by atoms with Gasteiger partial charge in [0.2, 0.25) is 5.78 Å². The van der Waals surface area contributed by atoms with Crippen molar-refractivity contribution in [2.75, 3.05) is 6.61 Å². The maximum absolute atomic E-state index is 12.6. The Hall–Kier alpha value is -3.08. The van der Waals surface area contributed by atoms with E-state index in [2.05, 4.69) is 32.9 Å². The standard InChI is InChI=1S/C24H26O5/c1-6-27-23(26)15(2)28-18-11-12-19-20(14-18)29-21(22(19)25)13-16-7-9-17(10-8-16)24(3,4)5/h7-15H,6H2,1-5H3. The average Bonchev–Trinajstić information content (AvgIpc) is 2.96. The number of rotatable bonds is 5. The SMILES string of the molecule is CCOC(=O)C(C)Oc1ccc2c(c1)OC(=Cc1ccc(C(C)(C)C)cc1)C2=O. The van der Waals surface area contributed by atoms with Crippen molar-refractivity contribution in [1.82, 2.24) is 0 Å². The van der Waals surface area contributed by atoms with Crippen LogP contribution in [-0.4, -0.2) is 24.5 Å². The quantitative estimate of drug-likeness (QED) is 0.531. The monoisotopic (exact) mass is 394 g/mol. The molecule has 3 rings (SSSR count). The van der Waals surface area contributed by atoms with Crippen molar-refractivity contribution in [3.63, 3.8) is 0 Å². The predicted octanol–water partition coefficient (Wildman–Crippen LogP) is 4.93. The van der Waals surface area contributed by atoms with Crippen LogP contribution in [0.1, 0.15) is 56.1 Å². The fourth-order valence-corrected chi connectivity index (χ4v) is 2.98. The lowest BCUT2D eigenvalue weighted by Gasteiger charge is -2.18. The Kier molecular flexibility index (Phi) is 5.78. The summed E-state index contributed by atoms with van der Waals surface area (Å²) in [5.74, 6) is 0.502. The number of esters is 1. The van der Waals surface area contributed by atoms with Crippen molar-refractivity contribution in [3.05, 3.63) is 64.9 Å². The number of benzene rings is 2. The smallest absolute Gasteiger partial charge is 0.347 e. The van der Waals surface area contributed by atoms with Gasteiger partial charge < -0.3 is 14.2 Å². The summed E-state index contributed by atoms with van der Waals surface area (Å²) >= 11 is 0. The van der Waals surface area contributed by atoms with Crippen LogP contribution in [0.15, 0.2) is 48.2 Å². The average molecular weight is 394 g/mol. The third-order valence-electron chi connectivity index (χ3n) is 4.65. The Labute approximate surface area is 171 Å². The molecular weight excluding hydrogens is 368 g/mol. The summed E-state index contributed by atoms with van der Waals surface area (Å²) in [6, 6.07) is 13.0. The second-order valence-electron chi connectivity index (χ2n) is 7.98. The lowest BCUT2D eigenvalue weighted by molar-refractivity contribution is -0.150. The van der Waals surface area contributed by atoms with Crippen LogP contribution in [0, 0.1) is 0 Å². The van der Waals surface area contributed by atoms with Crippen molar-refractivity contribution in [2.45, 2.75) is 46.1 Å². The van der Waals surface area contributed by atoms with E-state index in [4.69, 9.17) is 14.2 Å². The summed E-state index contributed by atoms with van der Waals surface area (Å²) in [7, 11) is 0. The number of allylic oxidation sites excluding steroid dienone is 1. The molecule has 0 aromatic heterocycles. The first kappa shape index (κ1) is 20.6. The molecule has 1 aliphatic heterocycles. The van der Waals surface area contributed by atoms with Crippen LogP contribution in [0.25, 0.3) is 6.08 Å². The zero-order valence-corrected chi connectivity index (χ0v) is 17.4. The Morgan fingerprint density at radius 3 is 2.45 bits per heavy atom. The fraction of sp³-hybridized carbons (Fsp3) is 0.333. The fourth-order valence-electron chi connectivity index (χ4n) is 2.98. The Balaban J connectivity index is 1.76. The summed E-state index contributed by atoms with van der Waals surface area (Å²) in [5, 5.41) is 0. The molecular formula is C24H26O5. The zero-order chi connectivity index (χ0) is 21.2. The largest absolute Gasteiger partial charge is 0.479 e. The molecule has 0 saturated carbocycles. The highest BCUT2D eigenvalue weighted by Crippen LogP contribution is 2.35. The molecule has 1 aliphatic rings. The van der Waals surface area contributed by atoms with Crippen LogP contribution in [0.2, 0.25) is 0 Å². The molecule has 0 amide bonds. The van der Waals surface area contributed by atoms with Crippen molar-refractivity contribution in [3.8, 4) is 11.5 Å². The van der Waals surface area contributed by atoms with Crippen LogP contribution in [0.5, 0.6) is 11.5 Å². The minimum absolute atomic E-state index is 0.0681. The van der Waals surface area contributed by atoms with Gasteiger partial charge >= 0.3 is 5.97 Å². The molecule has 0 fully saturated rings. The number of fused-ring (bicyclic) bond motifs is 1. The number of carbonyl (C=O) groups excluding carboxylic acids is 2. The van der Waals surface area contributed by atoms with E-state index in [0.29, 0.717) is 23.7 Å². The van der Waals surface area contributed by atoms with Gasteiger partial charge in [0.25, 0.3) is 0 Å². The van der Waals surface area contributed by atoms with E-state index in [1.54, 1.807) is 38.1 Å². The molecule has 0 bridgehead atoms. The van der Waals surface area contributed by atoms with Gasteiger partial charge in [-0.2, -0.15) is 0 Å². The molecule has 2 aromatic carbocycles. The highest BCUT2D eigenvalue weighted by molar-refractivity contribution is 6.14. The lowest BCUT2D eigenvalue weighted by Crippen LogP contribution is -2.26. The van der Waals surface area contributed by atoms with Crippen molar-refractivity contribution >= 4 is 17.8 Å². The molecule has 5 nitrogen and oxygen atoms in total. The molecule has 0 N–H and O–H groups in total. The van der Waals surface area contributed by atoms with Crippen molar-refractivity contribution in [1.29, 1.82) is 0 Å². The van der Waals surface area contributed by atoms with E-state index in [0.717, 1.165) is 5.56 Å². The van der Waals surface area contributed by atoms with Crippen LogP contribution < -0.4 is 9.47 Å². The molecule has 5 heteroatoms. The number of hydrogen-bond donors (Lipinski definition) is 0. The Bertz CT molecular complexity index is 948. The van der Waals surface area contributed by atoms with Crippen LogP contribution in [0.3, 0.4) is 0 Å². The van der Waals surface area contributed by atoms with Crippen LogP contribution in [-0.2, 0) is 14.9 Å². The van der Waals surface area contributed by atoms with Gasteiger partial charge in [0, 0.05) is 6.07 Å². The summed E-state index contributed by atoms with van der Waals surface area (Å²) in [6.07, 6.45) is 0.984. The first-order chi connectivity index (χ1) is 13.7. The molecule has 1 unspecified atom stereocenters. The molecule has 0 aliphatic carbocycles. The second kappa shape index (κ2) is 8.11. The van der Waals surface area contributed by atoms with Gasteiger partial charge in [-0.25, -0.2) is 4.79 Å². The Morgan fingerprint density at radius 2 is 1.83 bits per heavy atom. The minimum atomic E-state index is -0.749. The van der Waals surface area contributed by atoms with Gasteiger partial charge in [0.05, 0.1) is 12.2 Å². The maximum atomic E-state index is 12.6. The minimum Gasteiger partial charge on any atom is -0.479 e. The maximum Gasteiger partial charge on any atom is 0.347 e. The Morgan fingerprint density at radius 1 is 1.14 bits per heavy atom. The highest BCUT2D eigenvalue weighted by atomic mass is 16.6.